The molecule has 10 aromatic carbocycles. The average Bonchev–Trinajstić information content (AvgIpc) is 4.01. The third-order valence-corrected chi connectivity index (χ3v) is 12.9. The lowest BCUT2D eigenvalue weighted by molar-refractivity contribution is 0.669. The van der Waals surface area contributed by atoms with Crippen LogP contribution in [0.15, 0.2) is 205 Å². The molecule has 0 fully saturated rings. The van der Waals surface area contributed by atoms with Crippen molar-refractivity contribution in [3.8, 4) is 34.4 Å². The maximum atomic E-state index is 6.24. The van der Waals surface area contributed by atoms with Crippen LogP contribution in [0.3, 0.4) is 0 Å². The first-order chi connectivity index (χ1) is 31.3. The van der Waals surface area contributed by atoms with Crippen LogP contribution in [-0.2, 0) is 0 Å². The van der Waals surface area contributed by atoms with Crippen molar-refractivity contribution in [2.24, 2.45) is 0 Å². The molecule has 0 saturated carbocycles. The van der Waals surface area contributed by atoms with E-state index in [4.69, 9.17) is 19.4 Å². The minimum atomic E-state index is 0.542. The van der Waals surface area contributed by atoms with Crippen LogP contribution >= 0.6 is 0 Å². The lowest BCUT2D eigenvalue weighted by atomic mass is 9.93. The van der Waals surface area contributed by atoms with E-state index in [0.29, 0.717) is 17.6 Å². The highest BCUT2D eigenvalue weighted by molar-refractivity contribution is 6.29. The highest BCUT2D eigenvalue weighted by Crippen LogP contribution is 2.45. The van der Waals surface area contributed by atoms with Gasteiger partial charge in [-0.1, -0.05) is 158 Å². The fraction of sp³-hybridized carbons (Fsp3) is 0. The first-order valence-corrected chi connectivity index (χ1v) is 21.3. The molecule has 0 atom stereocenters. The molecule has 0 spiro atoms. The number of hydrogen-bond acceptors (Lipinski definition) is 4. The van der Waals surface area contributed by atoms with E-state index >= 15 is 0 Å². The summed E-state index contributed by atoms with van der Waals surface area (Å²) in [5, 5.41) is 14.0. The standard InChI is InChI=1S/C57H33N5O/c1-2-15-34(16-3-1)55-58-56(35-29-32-51-46(33-35)41-22-10-13-28-50(41)63-51)60-57(59-55)62-48-26-12-9-21-40(48)45-31-30-44-39-20-8-11-25-47(39)61(53(44)54(45)62)49-27-14-24-43-38-18-5-4-17-36(38)37-19-6-7-23-42(37)52(43)49/h1-33H. The lowest BCUT2D eigenvalue weighted by Crippen LogP contribution is -2.07. The highest BCUT2D eigenvalue weighted by atomic mass is 16.3. The fourth-order valence-electron chi connectivity index (χ4n) is 10.3. The molecule has 0 aliphatic rings. The molecule has 0 bridgehead atoms. The van der Waals surface area contributed by atoms with Crippen molar-refractivity contribution >= 4 is 97.9 Å². The summed E-state index contributed by atoms with van der Waals surface area (Å²) in [5.74, 6) is 1.72. The van der Waals surface area contributed by atoms with E-state index in [9.17, 15) is 0 Å². The average molecular weight is 804 g/mol. The number of furan rings is 1. The van der Waals surface area contributed by atoms with Gasteiger partial charge >= 0.3 is 0 Å². The first kappa shape index (κ1) is 34.1. The topological polar surface area (TPSA) is 61.7 Å². The summed E-state index contributed by atoms with van der Waals surface area (Å²) in [6.45, 7) is 0. The van der Waals surface area contributed by atoms with Gasteiger partial charge in [-0.25, -0.2) is 4.98 Å². The molecule has 0 unspecified atom stereocenters. The van der Waals surface area contributed by atoms with E-state index in [1.807, 2.05) is 42.5 Å². The van der Waals surface area contributed by atoms with Crippen molar-refractivity contribution in [1.29, 1.82) is 0 Å². The van der Waals surface area contributed by atoms with Gasteiger partial charge in [0.15, 0.2) is 11.6 Å². The molecule has 0 aliphatic heterocycles. The van der Waals surface area contributed by atoms with E-state index in [-0.39, 0.29) is 0 Å². The van der Waals surface area contributed by atoms with E-state index in [2.05, 4.69) is 167 Å². The fourth-order valence-corrected chi connectivity index (χ4v) is 10.3. The second-order valence-electron chi connectivity index (χ2n) is 16.3. The highest BCUT2D eigenvalue weighted by Gasteiger charge is 2.25. The van der Waals surface area contributed by atoms with Crippen LogP contribution in [0.4, 0.5) is 0 Å². The number of hydrogen-bond donors (Lipinski definition) is 0. The lowest BCUT2D eigenvalue weighted by Gasteiger charge is -2.17. The Hall–Kier alpha value is -8.61. The van der Waals surface area contributed by atoms with Crippen LogP contribution in [0.25, 0.3) is 132 Å². The Kier molecular flexibility index (Phi) is 7.02. The molecule has 0 N–H and O–H groups in total. The van der Waals surface area contributed by atoms with Crippen LogP contribution in [-0.4, -0.2) is 24.1 Å². The minimum absolute atomic E-state index is 0.542. The Balaban J connectivity index is 1.14. The van der Waals surface area contributed by atoms with Crippen LogP contribution in [0, 0.1) is 0 Å². The Morgan fingerprint density at radius 3 is 1.52 bits per heavy atom. The van der Waals surface area contributed by atoms with Gasteiger partial charge < -0.3 is 8.98 Å². The SMILES string of the molecule is c1ccc(-c2nc(-c3ccc4oc5ccccc5c4c3)nc(-n3c4ccccc4c4ccc5c6ccccc6n(-c6cccc7c8ccccc8c8ccccc8c67)c5c43)n2)cc1. The van der Waals surface area contributed by atoms with Crippen molar-refractivity contribution in [3.63, 3.8) is 0 Å². The van der Waals surface area contributed by atoms with Gasteiger partial charge in [0.25, 0.3) is 0 Å². The second kappa shape index (κ2) is 12.9. The molecule has 0 saturated heterocycles. The number of para-hydroxylation sites is 3. The third-order valence-electron chi connectivity index (χ3n) is 12.9. The van der Waals surface area contributed by atoms with Crippen molar-refractivity contribution in [3.05, 3.63) is 200 Å². The van der Waals surface area contributed by atoms with E-state index in [0.717, 1.165) is 77.0 Å². The molecule has 14 rings (SSSR count). The molecular formula is C57H33N5O. The third kappa shape index (κ3) is 4.86. The zero-order chi connectivity index (χ0) is 41.2. The van der Waals surface area contributed by atoms with Crippen molar-refractivity contribution < 1.29 is 4.42 Å². The van der Waals surface area contributed by atoms with Gasteiger partial charge in [-0.3, -0.25) is 4.57 Å². The quantitative estimate of drug-likeness (QED) is 0.166. The molecule has 6 heteroatoms. The predicted molar refractivity (Wildman–Crippen MR) is 259 cm³/mol. The van der Waals surface area contributed by atoms with Gasteiger partial charge in [0.2, 0.25) is 5.95 Å². The second-order valence-corrected chi connectivity index (χ2v) is 16.3. The molecule has 292 valence electrons. The van der Waals surface area contributed by atoms with Gasteiger partial charge in [-0.15, -0.1) is 0 Å². The van der Waals surface area contributed by atoms with Gasteiger partial charge in [0.05, 0.1) is 27.8 Å². The molecule has 14 aromatic rings. The summed E-state index contributed by atoms with van der Waals surface area (Å²) < 4.78 is 11.0. The molecular weight excluding hydrogens is 771 g/mol. The van der Waals surface area contributed by atoms with Crippen LogP contribution in [0.1, 0.15) is 0 Å². The largest absolute Gasteiger partial charge is 0.456 e. The van der Waals surface area contributed by atoms with Gasteiger partial charge in [0, 0.05) is 48.8 Å². The van der Waals surface area contributed by atoms with Gasteiger partial charge in [-0.05, 0) is 69.4 Å². The smallest absolute Gasteiger partial charge is 0.238 e. The maximum Gasteiger partial charge on any atom is 0.238 e. The minimum Gasteiger partial charge on any atom is -0.456 e. The first-order valence-electron chi connectivity index (χ1n) is 21.3. The van der Waals surface area contributed by atoms with E-state index in [1.165, 1.54) is 37.7 Å². The summed E-state index contributed by atoms with van der Waals surface area (Å²) in [6.07, 6.45) is 0. The van der Waals surface area contributed by atoms with E-state index < -0.39 is 0 Å². The number of rotatable bonds is 4. The number of fused-ring (bicyclic) bond motifs is 16. The number of benzene rings is 10. The molecule has 0 radical (unpaired) electrons. The maximum absolute atomic E-state index is 6.24. The van der Waals surface area contributed by atoms with Crippen molar-refractivity contribution in [2.45, 2.75) is 0 Å². The summed E-state index contributed by atoms with van der Waals surface area (Å²) in [6, 6.07) is 70.9. The molecule has 6 nitrogen and oxygen atoms in total. The van der Waals surface area contributed by atoms with Crippen LogP contribution in [0.2, 0.25) is 0 Å². The summed E-state index contributed by atoms with van der Waals surface area (Å²) in [5.41, 5.74) is 8.84. The Morgan fingerprint density at radius 2 is 0.825 bits per heavy atom. The molecule has 4 aromatic heterocycles. The zero-order valence-corrected chi connectivity index (χ0v) is 33.7. The summed E-state index contributed by atoms with van der Waals surface area (Å²) in [7, 11) is 0. The normalized spacial score (nSPS) is 12.1. The molecule has 63 heavy (non-hydrogen) atoms. The van der Waals surface area contributed by atoms with Gasteiger partial charge in [-0.2, -0.15) is 9.97 Å². The monoisotopic (exact) mass is 803 g/mol. The zero-order valence-electron chi connectivity index (χ0n) is 33.7. The molecule has 4 heterocycles. The Morgan fingerprint density at radius 1 is 0.317 bits per heavy atom. The predicted octanol–water partition coefficient (Wildman–Crippen LogP) is 14.8. The van der Waals surface area contributed by atoms with E-state index in [1.54, 1.807) is 0 Å². The summed E-state index contributed by atoms with van der Waals surface area (Å²) in [4.78, 5) is 16.0. The Labute approximate surface area is 359 Å². The summed E-state index contributed by atoms with van der Waals surface area (Å²) >= 11 is 0. The molecule has 0 aliphatic carbocycles. The van der Waals surface area contributed by atoms with Crippen molar-refractivity contribution in [2.75, 3.05) is 0 Å². The number of nitrogens with zero attached hydrogens (tertiary/aromatic N) is 5. The molecule has 0 amide bonds. The van der Waals surface area contributed by atoms with Crippen LogP contribution in [0.5, 0.6) is 0 Å². The van der Waals surface area contributed by atoms with Crippen molar-refractivity contribution in [1.82, 2.24) is 24.1 Å². The Bertz CT molecular complexity index is 4170. The number of aromatic nitrogens is 5. The van der Waals surface area contributed by atoms with Gasteiger partial charge in [0.1, 0.15) is 11.2 Å². The van der Waals surface area contributed by atoms with Crippen LogP contribution < -0.4 is 0 Å².